The number of nitrogens with two attached hydrogens (primary N) is 1. The Balaban J connectivity index is 1.57. The molecule has 3 N–H and O–H groups in total. The first-order chi connectivity index (χ1) is 13.6. The molecule has 9 heteroatoms. The second-order valence-electron chi connectivity index (χ2n) is 5.78. The number of para-hydroxylation sites is 1. The van der Waals surface area contributed by atoms with Crippen LogP contribution in [-0.2, 0) is 11.3 Å². The number of aromatic nitrogens is 3. The summed E-state index contributed by atoms with van der Waals surface area (Å²) in [5.41, 5.74) is 1.72. The third kappa shape index (κ3) is 4.55. The molecule has 0 aliphatic heterocycles. The van der Waals surface area contributed by atoms with Crippen LogP contribution in [0.5, 0.6) is 11.5 Å². The minimum absolute atomic E-state index is 0.134. The Kier molecular flexibility index (Phi) is 6.38. The van der Waals surface area contributed by atoms with Crippen molar-refractivity contribution in [2.75, 3.05) is 25.8 Å². The third-order valence-corrected chi connectivity index (χ3v) is 4.96. The fraction of sp³-hybridized carbons (Fsp3) is 0.211. The maximum Gasteiger partial charge on any atom is 0.230 e. The molecule has 0 fully saturated rings. The second kappa shape index (κ2) is 9.14. The van der Waals surface area contributed by atoms with E-state index in [0.717, 1.165) is 22.6 Å². The highest BCUT2D eigenvalue weighted by Crippen LogP contribution is 2.23. The van der Waals surface area contributed by atoms with Crippen LogP contribution in [0.1, 0.15) is 5.56 Å². The second-order valence-corrected chi connectivity index (χ2v) is 6.72. The molecule has 2 aromatic carbocycles. The van der Waals surface area contributed by atoms with E-state index in [1.165, 1.54) is 16.4 Å². The zero-order valence-corrected chi connectivity index (χ0v) is 16.4. The summed E-state index contributed by atoms with van der Waals surface area (Å²) >= 11 is 1.22. The lowest BCUT2D eigenvalue weighted by Gasteiger charge is -2.09. The van der Waals surface area contributed by atoms with Crippen LogP contribution in [0.3, 0.4) is 0 Å². The van der Waals surface area contributed by atoms with Crippen LogP contribution in [0.2, 0.25) is 0 Å². The number of benzene rings is 2. The fourth-order valence-corrected chi connectivity index (χ4v) is 3.22. The monoisotopic (exact) mass is 399 g/mol. The normalized spacial score (nSPS) is 10.5. The molecule has 0 aliphatic rings. The van der Waals surface area contributed by atoms with E-state index in [1.807, 2.05) is 48.5 Å². The average molecular weight is 399 g/mol. The summed E-state index contributed by atoms with van der Waals surface area (Å²) in [4.78, 5) is 12.2. The van der Waals surface area contributed by atoms with Gasteiger partial charge < -0.3 is 20.6 Å². The van der Waals surface area contributed by atoms with E-state index in [9.17, 15) is 4.79 Å². The van der Waals surface area contributed by atoms with Gasteiger partial charge in [-0.3, -0.25) is 4.79 Å². The van der Waals surface area contributed by atoms with Gasteiger partial charge in [0.25, 0.3) is 0 Å². The number of nitrogens with zero attached hydrogens (tertiary/aromatic N) is 3. The number of hydrogen-bond donors (Lipinski definition) is 2. The number of methoxy groups -OCH3 is 2. The SMILES string of the molecule is COc1ccc(-c2nnc(SCC(=O)NCc3ccccc3OC)n2N)cc1. The van der Waals surface area contributed by atoms with E-state index in [-0.39, 0.29) is 11.7 Å². The fourth-order valence-electron chi connectivity index (χ4n) is 2.54. The minimum Gasteiger partial charge on any atom is -0.497 e. The maximum atomic E-state index is 12.2. The first kappa shape index (κ1) is 19.6. The molecule has 28 heavy (non-hydrogen) atoms. The van der Waals surface area contributed by atoms with Crippen LogP contribution in [-0.4, -0.2) is 40.8 Å². The molecular formula is C19H21N5O3S. The molecule has 8 nitrogen and oxygen atoms in total. The molecule has 0 radical (unpaired) electrons. The Hall–Kier alpha value is -3.20. The third-order valence-electron chi connectivity index (χ3n) is 4.01. The van der Waals surface area contributed by atoms with Crippen molar-refractivity contribution in [3.8, 4) is 22.9 Å². The number of thioether (sulfide) groups is 1. The summed E-state index contributed by atoms with van der Waals surface area (Å²) in [6.45, 7) is 0.385. The number of rotatable bonds is 8. The van der Waals surface area contributed by atoms with Crippen molar-refractivity contribution in [2.24, 2.45) is 0 Å². The molecule has 0 unspecified atom stereocenters. The lowest BCUT2D eigenvalue weighted by Crippen LogP contribution is -2.25. The summed E-state index contributed by atoms with van der Waals surface area (Å²) in [6.07, 6.45) is 0. The van der Waals surface area contributed by atoms with Gasteiger partial charge >= 0.3 is 0 Å². The summed E-state index contributed by atoms with van der Waals surface area (Å²) in [6, 6.07) is 14.9. The highest BCUT2D eigenvalue weighted by atomic mass is 32.2. The maximum absolute atomic E-state index is 12.2. The standard InChI is InChI=1S/C19H21N5O3S/c1-26-15-9-7-13(8-10-15)18-22-23-19(24(18)20)28-12-17(25)21-11-14-5-3-4-6-16(14)27-2/h3-10H,11-12,20H2,1-2H3,(H,21,25). The van der Waals surface area contributed by atoms with E-state index in [2.05, 4.69) is 15.5 Å². The van der Waals surface area contributed by atoms with Gasteiger partial charge in [0.05, 0.1) is 20.0 Å². The first-order valence-corrected chi connectivity index (χ1v) is 9.47. The molecule has 1 heterocycles. The smallest absolute Gasteiger partial charge is 0.230 e. The lowest BCUT2D eigenvalue weighted by molar-refractivity contribution is -0.118. The van der Waals surface area contributed by atoms with E-state index in [4.69, 9.17) is 15.3 Å². The van der Waals surface area contributed by atoms with Gasteiger partial charge in [0, 0.05) is 17.7 Å². The largest absolute Gasteiger partial charge is 0.497 e. The van der Waals surface area contributed by atoms with Crippen molar-refractivity contribution >= 4 is 17.7 Å². The van der Waals surface area contributed by atoms with E-state index in [1.54, 1.807) is 14.2 Å². The number of nitrogen functional groups attached to an aromatic ring is 1. The van der Waals surface area contributed by atoms with Gasteiger partial charge in [0.1, 0.15) is 11.5 Å². The Morgan fingerprint density at radius 2 is 1.86 bits per heavy atom. The first-order valence-electron chi connectivity index (χ1n) is 8.48. The zero-order chi connectivity index (χ0) is 19.9. The molecule has 0 spiro atoms. The highest BCUT2D eigenvalue weighted by Gasteiger charge is 2.14. The summed E-state index contributed by atoms with van der Waals surface area (Å²) < 4.78 is 11.8. The topological polar surface area (TPSA) is 104 Å². The van der Waals surface area contributed by atoms with Crippen molar-refractivity contribution in [1.29, 1.82) is 0 Å². The molecular weight excluding hydrogens is 378 g/mol. The predicted molar refractivity (Wildman–Crippen MR) is 108 cm³/mol. The Bertz CT molecular complexity index is 943. The minimum atomic E-state index is -0.134. The van der Waals surface area contributed by atoms with Crippen LogP contribution >= 0.6 is 11.8 Å². The lowest BCUT2D eigenvalue weighted by atomic mass is 10.2. The Labute approximate surface area is 167 Å². The van der Waals surface area contributed by atoms with Gasteiger partial charge in [-0.1, -0.05) is 30.0 Å². The summed E-state index contributed by atoms with van der Waals surface area (Å²) in [5, 5.41) is 11.5. The van der Waals surface area contributed by atoms with Crippen molar-refractivity contribution in [1.82, 2.24) is 20.2 Å². The summed E-state index contributed by atoms with van der Waals surface area (Å²) in [7, 11) is 3.21. The molecule has 1 aromatic heterocycles. The molecule has 0 bridgehead atoms. The molecule has 3 aromatic rings. The van der Waals surface area contributed by atoms with Crippen molar-refractivity contribution < 1.29 is 14.3 Å². The number of hydrogen-bond acceptors (Lipinski definition) is 7. The predicted octanol–water partition coefficient (Wildman–Crippen LogP) is 2.08. The van der Waals surface area contributed by atoms with E-state index >= 15 is 0 Å². The van der Waals surface area contributed by atoms with Gasteiger partial charge in [-0.2, -0.15) is 0 Å². The van der Waals surface area contributed by atoms with Crippen LogP contribution in [0, 0.1) is 0 Å². The van der Waals surface area contributed by atoms with Gasteiger partial charge in [-0.15, -0.1) is 10.2 Å². The molecule has 0 saturated heterocycles. The van der Waals surface area contributed by atoms with Gasteiger partial charge in [0.15, 0.2) is 5.82 Å². The molecule has 3 rings (SSSR count). The molecule has 0 atom stereocenters. The van der Waals surface area contributed by atoms with Crippen LogP contribution < -0.4 is 20.6 Å². The number of nitrogens with one attached hydrogen (secondary N) is 1. The Morgan fingerprint density at radius 1 is 1.11 bits per heavy atom. The number of amides is 1. The van der Waals surface area contributed by atoms with Crippen molar-refractivity contribution in [3.63, 3.8) is 0 Å². The summed E-state index contributed by atoms with van der Waals surface area (Å²) in [5.74, 6) is 8.12. The van der Waals surface area contributed by atoms with Gasteiger partial charge in [0.2, 0.25) is 11.1 Å². The molecule has 1 amide bonds. The number of carbonyl (C=O) groups is 1. The van der Waals surface area contributed by atoms with E-state index < -0.39 is 0 Å². The molecule has 0 saturated carbocycles. The van der Waals surface area contributed by atoms with Crippen molar-refractivity contribution in [2.45, 2.75) is 11.7 Å². The van der Waals surface area contributed by atoms with Crippen LogP contribution in [0.4, 0.5) is 0 Å². The number of ether oxygens (including phenoxy) is 2. The highest BCUT2D eigenvalue weighted by molar-refractivity contribution is 7.99. The quantitative estimate of drug-likeness (QED) is 0.441. The van der Waals surface area contributed by atoms with Gasteiger partial charge in [-0.25, -0.2) is 4.68 Å². The van der Waals surface area contributed by atoms with Crippen molar-refractivity contribution in [3.05, 3.63) is 54.1 Å². The van der Waals surface area contributed by atoms with Gasteiger partial charge in [-0.05, 0) is 30.3 Å². The Morgan fingerprint density at radius 3 is 2.57 bits per heavy atom. The molecule has 0 aliphatic carbocycles. The molecule has 146 valence electrons. The zero-order valence-electron chi connectivity index (χ0n) is 15.6. The van der Waals surface area contributed by atoms with Crippen LogP contribution in [0.15, 0.2) is 53.7 Å². The average Bonchev–Trinajstić information content (AvgIpc) is 3.11. The van der Waals surface area contributed by atoms with E-state index in [0.29, 0.717) is 17.5 Å². The van der Waals surface area contributed by atoms with Crippen LogP contribution in [0.25, 0.3) is 11.4 Å². The number of carbonyl (C=O) groups excluding carboxylic acids is 1.